The maximum absolute atomic E-state index is 12.3. The number of hydrogen-bond donors (Lipinski definition) is 2. The Balaban J connectivity index is 2.74. The smallest absolute Gasteiger partial charge is 0.251 e. The summed E-state index contributed by atoms with van der Waals surface area (Å²) in [6.07, 6.45) is 6.21. The molecule has 0 aliphatic carbocycles. The molecular formula is C16H27N3O. The second-order valence-electron chi connectivity index (χ2n) is 5.23. The van der Waals surface area contributed by atoms with Gasteiger partial charge in [-0.05, 0) is 31.4 Å². The zero-order valence-electron chi connectivity index (χ0n) is 12.9. The van der Waals surface area contributed by atoms with Crippen molar-refractivity contribution in [3.63, 3.8) is 0 Å². The van der Waals surface area contributed by atoms with Crippen molar-refractivity contribution in [1.82, 2.24) is 10.3 Å². The number of aromatic nitrogens is 1. The van der Waals surface area contributed by atoms with Crippen molar-refractivity contribution in [3.8, 4) is 0 Å². The Morgan fingerprint density at radius 3 is 2.60 bits per heavy atom. The van der Waals surface area contributed by atoms with E-state index >= 15 is 0 Å². The number of unbranched alkanes of at least 4 members (excludes halogenated alkanes) is 1. The summed E-state index contributed by atoms with van der Waals surface area (Å²) in [5.74, 6) is 0.374. The molecule has 112 valence electrons. The number of nitrogens with zero attached hydrogens (tertiary/aromatic N) is 1. The van der Waals surface area contributed by atoms with Crippen LogP contribution in [0, 0.1) is 0 Å². The standard InChI is InChI=1S/C16H27N3O/c1-4-7-9-14(8-5-2)19-16(20)12-10-13(6-3)18-15(17)11-12/h10-11,14H,4-9H2,1-3H3,(H2,17,18)(H,19,20). The van der Waals surface area contributed by atoms with Gasteiger partial charge in [0.1, 0.15) is 5.82 Å². The van der Waals surface area contributed by atoms with Gasteiger partial charge in [-0.15, -0.1) is 0 Å². The van der Waals surface area contributed by atoms with Gasteiger partial charge in [-0.1, -0.05) is 40.0 Å². The lowest BCUT2D eigenvalue weighted by atomic mass is 10.0. The fraction of sp³-hybridized carbons (Fsp3) is 0.625. The Hall–Kier alpha value is -1.58. The van der Waals surface area contributed by atoms with Crippen LogP contribution in [0.3, 0.4) is 0 Å². The quantitative estimate of drug-likeness (QED) is 0.766. The Kier molecular flexibility index (Phi) is 7.05. The molecule has 4 nitrogen and oxygen atoms in total. The molecule has 0 saturated heterocycles. The van der Waals surface area contributed by atoms with Gasteiger partial charge >= 0.3 is 0 Å². The first kappa shape index (κ1) is 16.5. The Morgan fingerprint density at radius 1 is 1.25 bits per heavy atom. The average Bonchev–Trinajstić information content (AvgIpc) is 2.44. The molecule has 0 aromatic carbocycles. The number of carbonyl (C=O) groups excluding carboxylic acids is 1. The van der Waals surface area contributed by atoms with Gasteiger partial charge in [0.2, 0.25) is 0 Å². The van der Waals surface area contributed by atoms with Crippen LogP contribution in [0.15, 0.2) is 12.1 Å². The fourth-order valence-corrected chi connectivity index (χ4v) is 2.28. The monoisotopic (exact) mass is 277 g/mol. The first-order valence-electron chi connectivity index (χ1n) is 7.67. The van der Waals surface area contributed by atoms with Gasteiger partial charge in [-0.3, -0.25) is 4.79 Å². The summed E-state index contributed by atoms with van der Waals surface area (Å²) >= 11 is 0. The minimum absolute atomic E-state index is 0.0386. The Bertz CT molecular complexity index is 432. The average molecular weight is 277 g/mol. The molecule has 1 aromatic rings. The van der Waals surface area contributed by atoms with Crippen LogP contribution >= 0.6 is 0 Å². The van der Waals surface area contributed by atoms with E-state index in [0.717, 1.165) is 44.2 Å². The maximum Gasteiger partial charge on any atom is 0.251 e. The molecule has 1 aromatic heterocycles. The zero-order valence-corrected chi connectivity index (χ0v) is 12.9. The van der Waals surface area contributed by atoms with Crippen LogP contribution in [-0.2, 0) is 6.42 Å². The number of pyridine rings is 1. The number of nitrogens with one attached hydrogen (secondary N) is 1. The van der Waals surface area contributed by atoms with Gasteiger partial charge in [0.15, 0.2) is 0 Å². The summed E-state index contributed by atoms with van der Waals surface area (Å²) in [4.78, 5) is 16.5. The minimum Gasteiger partial charge on any atom is -0.384 e. The Morgan fingerprint density at radius 2 is 2.00 bits per heavy atom. The molecule has 20 heavy (non-hydrogen) atoms. The van der Waals surface area contributed by atoms with E-state index in [-0.39, 0.29) is 11.9 Å². The van der Waals surface area contributed by atoms with E-state index in [2.05, 4.69) is 24.1 Å². The van der Waals surface area contributed by atoms with E-state index < -0.39 is 0 Å². The number of rotatable bonds is 8. The van der Waals surface area contributed by atoms with E-state index in [1.165, 1.54) is 0 Å². The van der Waals surface area contributed by atoms with Crippen LogP contribution in [0.2, 0.25) is 0 Å². The fourth-order valence-electron chi connectivity index (χ4n) is 2.28. The molecule has 0 saturated carbocycles. The highest BCUT2D eigenvalue weighted by Gasteiger charge is 2.14. The van der Waals surface area contributed by atoms with Crippen LogP contribution in [0.5, 0.6) is 0 Å². The van der Waals surface area contributed by atoms with Gasteiger partial charge in [0.05, 0.1) is 0 Å². The highest BCUT2D eigenvalue weighted by molar-refractivity contribution is 5.95. The molecule has 0 aliphatic heterocycles. The third kappa shape index (κ3) is 5.19. The molecule has 0 aliphatic rings. The predicted molar refractivity (Wildman–Crippen MR) is 83.7 cm³/mol. The normalized spacial score (nSPS) is 12.2. The van der Waals surface area contributed by atoms with Gasteiger partial charge in [-0.2, -0.15) is 0 Å². The molecule has 0 fully saturated rings. The first-order chi connectivity index (χ1) is 9.60. The predicted octanol–water partition coefficient (Wildman–Crippen LogP) is 3.31. The van der Waals surface area contributed by atoms with Crippen LogP contribution in [-0.4, -0.2) is 16.9 Å². The van der Waals surface area contributed by atoms with Crippen molar-refractivity contribution >= 4 is 11.7 Å². The number of aryl methyl sites for hydroxylation is 1. The summed E-state index contributed by atoms with van der Waals surface area (Å²) in [6.45, 7) is 6.32. The highest BCUT2D eigenvalue weighted by Crippen LogP contribution is 2.11. The molecule has 1 atom stereocenters. The van der Waals surface area contributed by atoms with Crippen molar-refractivity contribution in [2.45, 2.75) is 65.3 Å². The molecule has 1 rings (SSSR count). The number of nitrogens with two attached hydrogens (primary N) is 1. The minimum atomic E-state index is -0.0386. The Labute approximate surface area is 122 Å². The van der Waals surface area contributed by atoms with Crippen molar-refractivity contribution < 1.29 is 4.79 Å². The summed E-state index contributed by atoms with van der Waals surface area (Å²) in [5, 5.41) is 3.13. The SMILES string of the molecule is CCCCC(CCC)NC(=O)c1cc(N)nc(CC)c1. The van der Waals surface area contributed by atoms with Crippen molar-refractivity contribution in [1.29, 1.82) is 0 Å². The number of nitrogen functional groups attached to an aromatic ring is 1. The van der Waals surface area contributed by atoms with E-state index in [1.807, 2.05) is 13.0 Å². The highest BCUT2D eigenvalue weighted by atomic mass is 16.1. The summed E-state index contributed by atoms with van der Waals surface area (Å²) in [5.41, 5.74) is 7.23. The summed E-state index contributed by atoms with van der Waals surface area (Å²) in [7, 11) is 0. The van der Waals surface area contributed by atoms with Crippen molar-refractivity contribution in [2.75, 3.05) is 5.73 Å². The van der Waals surface area contributed by atoms with Gasteiger partial charge in [-0.25, -0.2) is 4.98 Å². The van der Waals surface area contributed by atoms with E-state index in [9.17, 15) is 4.79 Å². The second-order valence-corrected chi connectivity index (χ2v) is 5.23. The van der Waals surface area contributed by atoms with Gasteiger partial charge in [0, 0.05) is 17.3 Å². The second kappa shape index (κ2) is 8.56. The lowest BCUT2D eigenvalue weighted by Crippen LogP contribution is -2.34. The van der Waals surface area contributed by atoms with Crippen LogP contribution in [0.25, 0.3) is 0 Å². The summed E-state index contributed by atoms with van der Waals surface area (Å²) in [6, 6.07) is 3.73. The first-order valence-corrected chi connectivity index (χ1v) is 7.67. The van der Waals surface area contributed by atoms with E-state index in [0.29, 0.717) is 11.4 Å². The lowest BCUT2D eigenvalue weighted by Gasteiger charge is -2.18. The third-order valence-corrected chi connectivity index (χ3v) is 3.40. The van der Waals surface area contributed by atoms with Gasteiger partial charge < -0.3 is 11.1 Å². The van der Waals surface area contributed by atoms with E-state index in [1.54, 1.807) is 6.07 Å². The van der Waals surface area contributed by atoms with Crippen LogP contribution in [0.1, 0.15) is 68.9 Å². The van der Waals surface area contributed by atoms with Crippen LogP contribution in [0.4, 0.5) is 5.82 Å². The van der Waals surface area contributed by atoms with Crippen LogP contribution < -0.4 is 11.1 Å². The number of anilines is 1. The molecule has 0 bridgehead atoms. The zero-order chi connectivity index (χ0) is 15.0. The number of amides is 1. The van der Waals surface area contributed by atoms with E-state index in [4.69, 9.17) is 5.73 Å². The largest absolute Gasteiger partial charge is 0.384 e. The molecule has 0 radical (unpaired) electrons. The molecule has 3 N–H and O–H groups in total. The number of hydrogen-bond acceptors (Lipinski definition) is 3. The molecule has 0 spiro atoms. The molecule has 1 unspecified atom stereocenters. The lowest BCUT2D eigenvalue weighted by molar-refractivity contribution is 0.0932. The molecular weight excluding hydrogens is 250 g/mol. The molecule has 4 heteroatoms. The maximum atomic E-state index is 12.3. The third-order valence-electron chi connectivity index (χ3n) is 3.40. The molecule has 1 heterocycles. The van der Waals surface area contributed by atoms with Crippen molar-refractivity contribution in [3.05, 3.63) is 23.4 Å². The molecule has 1 amide bonds. The topological polar surface area (TPSA) is 68.0 Å². The summed E-state index contributed by atoms with van der Waals surface area (Å²) < 4.78 is 0. The number of carbonyl (C=O) groups is 1. The van der Waals surface area contributed by atoms with Gasteiger partial charge in [0.25, 0.3) is 5.91 Å². The van der Waals surface area contributed by atoms with Crippen molar-refractivity contribution in [2.24, 2.45) is 0 Å².